The highest BCUT2D eigenvalue weighted by Crippen LogP contribution is 1.91. The number of alkyl halides is 1. The smallest absolute Gasteiger partial charge is 0.248 e. The van der Waals surface area contributed by atoms with Crippen molar-refractivity contribution in [2.45, 2.75) is 18.4 Å². The standard InChI is InChI=1S/C6H11ClN2O3/c1-3(7)6(12)9-2-4(10)5(8)11/h3-4,10H,2H2,1H3,(H2,8,11)(H,9,12). The Morgan fingerprint density at radius 2 is 2.17 bits per heavy atom. The lowest BCUT2D eigenvalue weighted by atomic mass is 10.3. The fraction of sp³-hybridized carbons (Fsp3) is 0.667. The molecule has 0 aromatic heterocycles. The highest BCUT2D eigenvalue weighted by Gasteiger charge is 2.14. The number of rotatable bonds is 4. The van der Waals surface area contributed by atoms with Gasteiger partial charge in [0, 0.05) is 0 Å². The van der Waals surface area contributed by atoms with Gasteiger partial charge in [-0.2, -0.15) is 0 Å². The van der Waals surface area contributed by atoms with Crippen molar-refractivity contribution in [1.29, 1.82) is 0 Å². The van der Waals surface area contributed by atoms with Crippen molar-refractivity contribution in [3.63, 3.8) is 0 Å². The summed E-state index contributed by atoms with van der Waals surface area (Å²) in [5.74, 6) is -1.32. The predicted molar refractivity (Wildman–Crippen MR) is 43.5 cm³/mol. The third kappa shape index (κ3) is 4.15. The summed E-state index contributed by atoms with van der Waals surface area (Å²) in [6.45, 7) is 1.28. The summed E-state index contributed by atoms with van der Waals surface area (Å²) in [5, 5.41) is 10.4. The summed E-state index contributed by atoms with van der Waals surface area (Å²) in [4.78, 5) is 21.0. The Kier molecular flexibility index (Phi) is 4.61. The molecule has 0 bridgehead atoms. The average Bonchev–Trinajstić information content (AvgIpc) is 1.98. The number of aliphatic hydroxyl groups excluding tert-OH is 1. The maximum absolute atomic E-state index is 10.8. The molecule has 0 rings (SSSR count). The van der Waals surface area contributed by atoms with Gasteiger partial charge in [-0.25, -0.2) is 0 Å². The molecule has 70 valence electrons. The maximum Gasteiger partial charge on any atom is 0.248 e. The van der Waals surface area contributed by atoms with Crippen LogP contribution in [0.2, 0.25) is 0 Å². The normalized spacial score (nSPS) is 14.9. The average molecular weight is 195 g/mol. The quantitative estimate of drug-likeness (QED) is 0.480. The molecule has 5 nitrogen and oxygen atoms in total. The van der Waals surface area contributed by atoms with Gasteiger partial charge < -0.3 is 16.2 Å². The van der Waals surface area contributed by atoms with Gasteiger partial charge in [-0.05, 0) is 6.92 Å². The number of nitrogens with one attached hydrogen (secondary N) is 1. The zero-order chi connectivity index (χ0) is 9.72. The van der Waals surface area contributed by atoms with E-state index in [4.69, 9.17) is 22.4 Å². The molecular weight excluding hydrogens is 184 g/mol. The molecule has 0 aliphatic heterocycles. The molecular formula is C6H11ClN2O3. The molecule has 4 N–H and O–H groups in total. The zero-order valence-corrected chi connectivity index (χ0v) is 7.34. The number of hydrogen-bond donors (Lipinski definition) is 3. The minimum absolute atomic E-state index is 0.203. The second kappa shape index (κ2) is 4.95. The molecule has 2 unspecified atom stereocenters. The van der Waals surface area contributed by atoms with E-state index in [-0.39, 0.29) is 6.54 Å². The minimum atomic E-state index is -1.36. The number of carbonyl (C=O) groups is 2. The molecule has 0 fully saturated rings. The van der Waals surface area contributed by atoms with Crippen molar-refractivity contribution >= 4 is 23.4 Å². The van der Waals surface area contributed by atoms with E-state index in [0.717, 1.165) is 0 Å². The number of halogens is 1. The lowest BCUT2D eigenvalue weighted by Gasteiger charge is -2.08. The Balaban J connectivity index is 3.69. The van der Waals surface area contributed by atoms with Gasteiger partial charge in [0.2, 0.25) is 11.8 Å². The Morgan fingerprint density at radius 1 is 1.67 bits per heavy atom. The highest BCUT2D eigenvalue weighted by molar-refractivity contribution is 6.30. The SMILES string of the molecule is CC(Cl)C(=O)NCC(O)C(N)=O. The summed E-state index contributed by atoms with van der Waals surface area (Å²) >= 11 is 5.38. The summed E-state index contributed by atoms with van der Waals surface area (Å²) in [6, 6.07) is 0. The largest absolute Gasteiger partial charge is 0.381 e. The highest BCUT2D eigenvalue weighted by atomic mass is 35.5. The third-order valence-corrected chi connectivity index (χ3v) is 1.36. The summed E-state index contributed by atoms with van der Waals surface area (Å²) in [5.41, 5.74) is 4.73. The molecule has 0 saturated carbocycles. The molecule has 0 aromatic carbocycles. The van der Waals surface area contributed by atoms with E-state index in [1.165, 1.54) is 6.92 Å². The van der Waals surface area contributed by atoms with Crippen LogP contribution >= 0.6 is 11.6 Å². The van der Waals surface area contributed by atoms with Gasteiger partial charge >= 0.3 is 0 Å². The first kappa shape index (κ1) is 11.2. The first-order valence-electron chi connectivity index (χ1n) is 3.34. The molecule has 2 atom stereocenters. The minimum Gasteiger partial charge on any atom is -0.381 e. The van der Waals surface area contributed by atoms with Crippen molar-refractivity contribution in [3.8, 4) is 0 Å². The van der Waals surface area contributed by atoms with Gasteiger partial charge in [0.15, 0.2) is 0 Å². The Labute approximate surface area is 74.9 Å². The van der Waals surface area contributed by atoms with E-state index in [1.807, 2.05) is 0 Å². The van der Waals surface area contributed by atoms with Crippen LogP contribution in [0.4, 0.5) is 0 Å². The number of amides is 2. The van der Waals surface area contributed by atoms with Crippen molar-refractivity contribution in [2.75, 3.05) is 6.54 Å². The number of hydrogen-bond acceptors (Lipinski definition) is 3. The molecule has 2 amide bonds. The van der Waals surface area contributed by atoms with Crippen molar-refractivity contribution in [2.24, 2.45) is 5.73 Å². The second-order valence-electron chi connectivity index (χ2n) is 2.28. The molecule has 6 heteroatoms. The summed E-state index contributed by atoms with van der Waals surface area (Å²) in [6.07, 6.45) is -1.36. The van der Waals surface area contributed by atoms with Crippen LogP contribution in [-0.4, -0.2) is 34.9 Å². The zero-order valence-electron chi connectivity index (χ0n) is 6.58. The predicted octanol–water partition coefficient (Wildman–Crippen LogP) is -1.42. The molecule has 0 aliphatic rings. The van der Waals surface area contributed by atoms with Gasteiger partial charge in [0.25, 0.3) is 0 Å². The molecule has 0 heterocycles. The lowest BCUT2D eigenvalue weighted by Crippen LogP contribution is -2.41. The number of aliphatic hydroxyl groups is 1. The van der Waals surface area contributed by atoms with E-state index in [1.54, 1.807) is 0 Å². The molecule has 12 heavy (non-hydrogen) atoms. The number of primary amides is 1. The van der Waals surface area contributed by atoms with Crippen molar-refractivity contribution in [1.82, 2.24) is 5.32 Å². The monoisotopic (exact) mass is 194 g/mol. The van der Waals surface area contributed by atoms with Gasteiger partial charge in [-0.1, -0.05) is 0 Å². The molecule has 0 aromatic rings. The van der Waals surface area contributed by atoms with Crippen LogP contribution < -0.4 is 11.1 Å². The van der Waals surface area contributed by atoms with Crippen LogP contribution in [0.15, 0.2) is 0 Å². The van der Waals surface area contributed by atoms with Gasteiger partial charge in [-0.15, -0.1) is 11.6 Å². The fourth-order valence-corrected chi connectivity index (χ4v) is 0.516. The lowest BCUT2D eigenvalue weighted by molar-refractivity contribution is -0.126. The van der Waals surface area contributed by atoms with Crippen LogP contribution in [0.3, 0.4) is 0 Å². The van der Waals surface area contributed by atoms with E-state index in [0.29, 0.717) is 0 Å². The van der Waals surface area contributed by atoms with E-state index in [9.17, 15) is 9.59 Å². The first-order valence-corrected chi connectivity index (χ1v) is 3.78. The molecule has 0 saturated heterocycles. The van der Waals surface area contributed by atoms with Gasteiger partial charge in [0.05, 0.1) is 6.54 Å². The molecule has 0 aliphatic carbocycles. The summed E-state index contributed by atoms with van der Waals surface area (Å²) < 4.78 is 0. The van der Waals surface area contributed by atoms with E-state index >= 15 is 0 Å². The number of carbonyl (C=O) groups excluding carboxylic acids is 2. The van der Waals surface area contributed by atoms with Crippen LogP contribution in [0.25, 0.3) is 0 Å². The van der Waals surface area contributed by atoms with Crippen molar-refractivity contribution < 1.29 is 14.7 Å². The van der Waals surface area contributed by atoms with Crippen LogP contribution in [0.1, 0.15) is 6.92 Å². The Hall–Kier alpha value is -0.810. The van der Waals surface area contributed by atoms with Crippen molar-refractivity contribution in [3.05, 3.63) is 0 Å². The molecule has 0 radical (unpaired) electrons. The summed E-state index contributed by atoms with van der Waals surface area (Å²) in [7, 11) is 0. The van der Waals surface area contributed by atoms with E-state index in [2.05, 4.69) is 5.32 Å². The third-order valence-electron chi connectivity index (χ3n) is 1.16. The first-order chi connectivity index (χ1) is 5.45. The maximum atomic E-state index is 10.8. The molecule has 0 spiro atoms. The number of nitrogens with two attached hydrogens (primary N) is 1. The van der Waals surface area contributed by atoms with Crippen LogP contribution in [-0.2, 0) is 9.59 Å². The topological polar surface area (TPSA) is 92.4 Å². The van der Waals surface area contributed by atoms with Gasteiger partial charge in [0.1, 0.15) is 11.5 Å². The van der Waals surface area contributed by atoms with Gasteiger partial charge in [-0.3, -0.25) is 9.59 Å². The Bertz CT molecular complexity index is 184. The second-order valence-corrected chi connectivity index (χ2v) is 2.93. The van der Waals surface area contributed by atoms with Crippen LogP contribution in [0, 0.1) is 0 Å². The van der Waals surface area contributed by atoms with Crippen LogP contribution in [0.5, 0.6) is 0 Å². The van der Waals surface area contributed by atoms with E-state index < -0.39 is 23.3 Å². The Morgan fingerprint density at radius 3 is 2.50 bits per heavy atom. The fourth-order valence-electron chi connectivity index (χ4n) is 0.438.